The third-order valence-electron chi connectivity index (χ3n) is 2.53. The maximum Gasteiger partial charge on any atom is 0.226 e. The number of H-pyrrole nitrogens is 1. The number of hydrogen-bond donors (Lipinski definition) is 3. The Morgan fingerprint density at radius 2 is 2.60 bits per heavy atom. The van der Waals surface area contributed by atoms with E-state index in [2.05, 4.69) is 20.8 Å². The molecule has 1 unspecified atom stereocenters. The monoisotopic (exact) mass is 208 g/mol. The van der Waals surface area contributed by atoms with E-state index in [0.717, 1.165) is 30.9 Å². The molecule has 1 aliphatic heterocycles. The Morgan fingerprint density at radius 1 is 1.73 bits per heavy atom. The van der Waals surface area contributed by atoms with Crippen LogP contribution in [0, 0.1) is 6.92 Å². The van der Waals surface area contributed by atoms with E-state index in [1.54, 1.807) is 0 Å². The molecule has 0 spiro atoms. The first-order valence-corrected chi connectivity index (χ1v) is 5.25. The summed E-state index contributed by atoms with van der Waals surface area (Å²) in [7, 11) is 0. The van der Waals surface area contributed by atoms with Crippen molar-refractivity contribution in [3.63, 3.8) is 0 Å². The number of carbonyl (C=O) groups is 1. The van der Waals surface area contributed by atoms with Gasteiger partial charge in [0.2, 0.25) is 5.91 Å². The fourth-order valence-electron chi connectivity index (χ4n) is 1.79. The Balaban J connectivity index is 1.81. The van der Waals surface area contributed by atoms with Crippen molar-refractivity contribution >= 4 is 5.91 Å². The number of nitrogens with one attached hydrogen (secondary N) is 3. The van der Waals surface area contributed by atoms with Crippen LogP contribution in [-0.4, -0.2) is 35.2 Å². The van der Waals surface area contributed by atoms with E-state index in [1.165, 1.54) is 0 Å². The van der Waals surface area contributed by atoms with E-state index in [9.17, 15) is 4.79 Å². The largest absolute Gasteiger partial charge is 0.352 e. The Labute approximate surface area is 88.6 Å². The summed E-state index contributed by atoms with van der Waals surface area (Å²) in [6.07, 6.45) is 1.38. The SMILES string of the molecule is Cc1cc(CC(=O)NC2CCNC2)n[nH]1. The van der Waals surface area contributed by atoms with Crippen LogP contribution < -0.4 is 10.6 Å². The number of nitrogens with zero attached hydrogens (tertiary/aromatic N) is 1. The number of amides is 1. The van der Waals surface area contributed by atoms with Crippen LogP contribution in [0.2, 0.25) is 0 Å². The number of aryl methyl sites for hydroxylation is 1. The number of aromatic amines is 1. The van der Waals surface area contributed by atoms with Gasteiger partial charge in [0, 0.05) is 18.3 Å². The van der Waals surface area contributed by atoms with Crippen molar-refractivity contribution in [2.75, 3.05) is 13.1 Å². The average molecular weight is 208 g/mol. The van der Waals surface area contributed by atoms with Crippen LogP contribution in [-0.2, 0) is 11.2 Å². The molecule has 0 radical (unpaired) electrons. The van der Waals surface area contributed by atoms with E-state index in [4.69, 9.17) is 0 Å². The molecule has 1 aromatic heterocycles. The lowest BCUT2D eigenvalue weighted by atomic mass is 10.2. The Kier molecular flexibility index (Phi) is 3.01. The van der Waals surface area contributed by atoms with Gasteiger partial charge in [-0.25, -0.2) is 0 Å². The molecule has 1 atom stereocenters. The zero-order chi connectivity index (χ0) is 10.7. The van der Waals surface area contributed by atoms with Gasteiger partial charge in [0.05, 0.1) is 12.1 Å². The zero-order valence-electron chi connectivity index (χ0n) is 8.84. The van der Waals surface area contributed by atoms with Crippen molar-refractivity contribution in [2.24, 2.45) is 0 Å². The number of hydrogen-bond acceptors (Lipinski definition) is 3. The molecule has 2 heterocycles. The van der Waals surface area contributed by atoms with E-state index in [-0.39, 0.29) is 11.9 Å². The second-order valence-corrected chi connectivity index (χ2v) is 3.98. The van der Waals surface area contributed by atoms with Crippen molar-refractivity contribution in [3.05, 3.63) is 17.5 Å². The summed E-state index contributed by atoms with van der Waals surface area (Å²) >= 11 is 0. The molecule has 0 aliphatic carbocycles. The van der Waals surface area contributed by atoms with Crippen LogP contribution in [0.4, 0.5) is 0 Å². The van der Waals surface area contributed by atoms with Crippen LogP contribution >= 0.6 is 0 Å². The topological polar surface area (TPSA) is 69.8 Å². The molecule has 1 amide bonds. The first-order chi connectivity index (χ1) is 7.24. The molecule has 0 bridgehead atoms. The molecule has 1 aliphatic rings. The number of carbonyl (C=O) groups excluding carboxylic acids is 1. The minimum Gasteiger partial charge on any atom is -0.352 e. The first-order valence-electron chi connectivity index (χ1n) is 5.25. The lowest BCUT2D eigenvalue weighted by molar-refractivity contribution is -0.121. The van der Waals surface area contributed by atoms with Crippen molar-refractivity contribution in [3.8, 4) is 0 Å². The number of rotatable bonds is 3. The highest BCUT2D eigenvalue weighted by atomic mass is 16.1. The summed E-state index contributed by atoms with van der Waals surface area (Å²) in [5.74, 6) is 0.0511. The standard InChI is InChI=1S/C10H16N4O/c1-7-4-9(14-13-7)5-10(15)12-8-2-3-11-6-8/h4,8,11H,2-3,5-6H2,1H3,(H,12,15)(H,13,14). The summed E-state index contributed by atoms with van der Waals surface area (Å²) in [5, 5.41) is 13.0. The van der Waals surface area contributed by atoms with Gasteiger partial charge in [0.25, 0.3) is 0 Å². The van der Waals surface area contributed by atoms with Crippen molar-refractivity contribution in [1.29, 1.82) is 0 Å². The maximum absolute atomic E-state index is 11.6. The Hall–Kier alpha value is -1.36. The van der Waals surface area contributed by atoms with Gasteiger partial charge in [-0.15, -0.1) is 0 Å². The van der Waals surface area contributed by atoms with Gasteiger partial charge < -0.3 is 10.6 Å². The molecule has 3 N–H and O–H groups in total. The van der Waals surface area contributed by atoms with Crippen molar-refractivity contribution < 1.29 is 4.79 Å². The molecule has 1 aromatic rings. The second kappa shape index (κ2) is 4.44. The van der Waals surface area contributed by atoms with Gasteiger partial charge in [-0.1, -0.05) is 0 Å². The molecule has 15 heavy (non-hydrogen) atoms. The van der Waals surface area contributed by atoms with Gasteiger partial charge in [-0.2, -0.15) is 5.10 Å². The van der Waals surface area contributed by atoms with Crippen LogP contribution in [0.15, 0.2) is 6.07 Å². The molecule has 0 saturated carbocycles. The normalized spacial score (nSPS) is 20.5. The maximum atomic E-state index is 11.6. The fraction of sp³-hybridized carbons (Fsp3) is 0.600. The molecular formula is C10H16N4O. The molecule has 2 rings (SSSR count). The lowest BCUT2D eigenvalue weighted by Gasteiger charge is -2.09. The van der Waals surface area contributed by atoms with Crippen molar-refractivity contribution in [2.45, 2.75) is 25.8 Å². The average Bonchev–Trinajstić information content (AvgIpc) is 2.77. The molecular weight excluding hydrogens is 192 g/mol. The van der Waals surface area contributed by atoms with Gasteiger partial charge in [0.1, 0.15) is 0 Å². The van der Waals surface area contributed by atoms with Gasteiger partial charge in [0.15, 0.2) is 0 Å². The molecule has 82 valence electrons. The predicted molar refractivity (Wildman–Crippen MR) is 56.4 cm³/mol. The Bertz CT molecular complexity index is 341. The van der Waals surface area contributed by atoms with Crippen LogP contribution in [0.1, 0.15) is 17.8 Å². The minimum absolute atomic E-state index is 0.0511. The molecule has 5 nitrogen and oxygen atoms in total. The van der Waals surface area contributed by atoms with E-state index >= 15 is 0 Å². The predicted octanol–water partition coefficient (Wildman–Crippen LogP) is -0.261. The first kappa shape index (κ1) is 10.2. The molecule has 5 heteroatoms. The second-order valence-electron chi connectivity index (χ2n) is 3.98. The smallest absolute Gasteiger partial charge is 0.226 e. The van der Waals surface area contributed by atoms with Gasteiger partial charge in [-0.3, -0.25) is 9.89 Å². The van der Waals surface area contributed by atoms with Crippen LogP contribution in [0.3, 0.4) is 0 Å². The van der Waals surface area contributed by atoms with Crippen molar-refractivity contribution in [1.82, 2.24) is 20.8 Å². The summed E-state index contributed by atoms with van der Waals surface area (Å²) in [5.41, 5.74) is 1.79. The Morgan fingerprint density at radius 3 is 3.20 bits per heavy atom. The molecule has 1 saturated heterocycles. The van der Waals surface area contributed by atoms with Gasteiger partial charge >= 0.3 is 0 Å². The summed E-state index contributed by atoms with van der Waals surface area (Å²) in [6.45, 7) is 3.80. The zero-order valence-corrected chi connectivity index (χ0v) is 8.84. The summed E-state index contributed by atoms with van der Waals surface area (Å²) in [4.78, 5) is 11.6. The lowest BCUT2D eigenvalue weighted by Crippen LogP contribution is -2.37. The van der Waals surface area contributed by atoms with Gasteiger partial charge in [-0.05, 0) is 26.0 Å². The summed E-state index contributed by atoms with van der Waals surface area (Å²) < 4.78 is 0. The summed E-state index contributed by atoms with van der Waals surface area (Å²) in [6, 6.07) is 2.18. The van der Waals surface area contributed by atoms with E-state index in [1.807, 2.05) is 13.0 Å². The van der Waals surface area contributed by atoms with E-state index in [0.29, 0.717) is 6.42 Å². The quantitative estimate of drug-likeness (QED) is 0.641. The highest BCUT2D eigenvalue weighted by molar-refractivity contribution is 5.78. The minimum atomic E-state index is 0.0511. The molecule has 1 fully saturated rings. The van der Waals surface area contributed by atoms with Crippen LogP contribution in [0.5, 0.6) is 0 Å². The van der Waals surface area contributed by atoms with E-state index < -0.39 is 0 Å². The fourth-order valence-corrected chi connectivity index (χ4v) is 1.79. The third-order valence-corrected chi connectivity index (χ3v) is 2.53. The molecule has 0 aromatic carbocycles. The highest BCUT2D eigenvalue weighted by Gasteiger charge is 2.16. The number of aromatic nitrogens is 2. The highest BCUT2D eigenvalue weighted by Crippen LogP contribution is 2.01. The van der Waals surface area contributed by atoms with Crippen LogP contribution in [0.25, 0.3) is 0 Å². The third kappa shape index (κ3) is 2.79.